The van der Waals surface area contributed by atoms with Gasteiger partial charge in [0.15, 0.2) is 0 Å². The van der Waals surface area contributed by atoms with Gasteiger partial charge in [-0.3, -0.25) is 9.69 Å². The number of nitrogens with zero attached hydrogens (tertiary/aromatic N) is 2. The molecule has 2 aromatic carbocycles. The fourth-order valence-corrected chi connectivity index (χ4v) is 5.68. The molecule has 1 aliphatic carbocycles. The minimum atomic E-state index is 0.180. The first-order valence-corrected chi connectivity index (χ1v) is 12.9. The van der Waals surface area contributed by atoms with E-state index in [1.165, 1.54) is 47.8 Å². The SMILES string of the molecule is O=C(NC1CCCCCC1)C1CCN(Cc2cc3ccccc3n2Cc2ccccc2)CC1. The number of nitrogens with one attached hydrogen (secondary N) is 1. The van der Waals surface area contributed by atoms with Crippen LogP contribution < -0.4 is 5.32 Å². The maximum Gasteiger partial charge on any atom is 0.223 e. The summed E-state index contributed by atoms with van der Waals surface area (Å²) < 4.78 is 2.47. The van der Waals surface area contributed by atoms with Crippen LogP contribution in [0.3, 0.4) is 0 Å². The van der Waals surface area contributed by atoms with Gasteiger partial charge in [0.25, 0.3) is 0 Å². The Morgan fingerprint density at radius 1 is 0.818 bits per heavy atom. The molecule has 5 rings (SSSR count). The number of aromatic nitrogens is 1. The van der Waals surface area contributed by atoms with Gasteiger partial charge < -0.3 is 9.88 Å². The van der Waals surface area contributed by atoms with Crippen LogP contribution in [0.5, 0.6) is 0 Å². The van der Waals surface area contributed by atoms with E-state index >= 15 is 0 Å². The lowest BCUT2D eigenvalue weighted by Gasteiger charge is -2.32. The van der Waals surface area contributed by atoms with Crippen LogP contribution in [0.15, 0.2) is 60.7 Å². The zero-order valence-electron chi connectivity index (χ0n) is 19.7. The van der Waals surface area contributed by atoms with E-state index in [9.17, 15) is 4.79 Å². The second kappa shape index (κ2) is 10.6. The van der Waals surface area contributed by atoms with E-state index in [4.69, 9.17) is 0 Å². The molecule has 4 nitrogen and oxygen atoms in total. The first-order chi connectivity index (χ1) is 16.3. The standard InChI is InChI=1S/C29H37N3O/c33-29(30-26-13-6-1-2-7-14-26)24-16-18-31(19-17-24)22-27-20-25-12-8-9-15-28(25)32(27)21-23-10-4-3-5-11-23/h3-5,8-12,15,20,24,26H,1-2,6-7,13-14,16-19,21-22H2,(H,30,33). The summed E-state index contributed by atoms with van der Waals surface area (Å²) in [4.78, 5) is 15.4. The molecule has 1 aliphatic heterocycles. The van der Waals surface area contributed by atoms with Gasteiger partial charge >= 0.3 is 0 Å². The molecule has 1 saturated carbocycles. The van der Waals surface area contributed by atoms with E-state index in [-0.39, 0.29) is 5.92 Å². The number of para-hydroxylation sites is 1. The third kappa shape index (κ3) is 5.50. The van der Waals surface area contributed by atoms with Crippen LogP contribution in [-0.4, -0.2) is 34.5 Å². The van der Waals surface area contributed by atoms with Crippen LogP contribution >= 0.6 is 0 Å². The van der Waals surface area contributed by atoms with Gasteiger partial charge in [-0.1, -0.05) is 74.2 Å². The summed E-state index contributed by atoms with van der Waals surface area (Å²) in [7, 11) is 0. The number of hydrogen-bond acceptors (Lipinski definition) is 2. The molecule has 33 heavy (non-hydrogen) atoms. The Hall–Kier alpha value is -2.59. The Morgan fingerprint density at radius 2 is 1.52 bits per heavy atom. The normalized spacial score (nSPS) is 18.9. The molecule has 3 aromatic rings. The molecule has 174 valence electrons. The first kappa shape index (κ1) is 22.2. The molecule has 2 aliphatic rings. The van der Waals surface area contributed by atoms with E-state index in [1.54, 1.807) is 0 Å². The van der Waals surface area contributed by atoms with Crippen molar-refractivity contribution >= 4 is 16.8 Å². The molecule has 0 unspecified atom stereocenters. The van der Waals surface area contributed by atoms with E-state index < -0.39 is 0 Å². The molecule has 1 N–H and O–H groups in total. The van der Waals surface area contributed by atoms with Crippen LogP contribution in [0.2, 0.25) is 0 Å². The lowest BCUT2D eigenvalue weighted by atomic mass is 9.95. The summed E-state index contributed by atoms with van der Waals surface area (Å²) in [6, 6.07) is 22.2. The van der Waals surface area contributed by atoms with Crippen molar-refractivity contribution in [1.82, 2.24) is 14.8 Å². The zero-order chi connectivity index (χ0) is 22.5. The predicted molar refractivity (Wildman–Crippen MR) is 135 cm³/mol. The monoisotopic (exact) mass is 443 g/mol. The van der Waals surface area contributed by atoms with Crippen LogP contribution in [-0.2, 0) is 17.9 Å². The average Bonchev–Trinajstić information content (AvgIpc) is 3.00. The number of likely N-dealkylation sites (tertiary alicyclic amines) is 1. The predicted octanol–water partition coefficient (Wildman–Crippen LogP) is 5.74. The van der Waals surface area contributed by atoms with Crippen LogP contribution in [0.25, 0.3) is 10.9 Å². The van der Waals surface area contributed by atoms with Crippen LogP contribution in [0, 0.1) is 5.92 Å². The quantitative estimate of drug-likeness (QED) is 0.493. The Bertz CT molecular complexity index is 1040. The van der Waals surface area contributed by atoms with Crippen molar-refractivity contribution < 1.29 is 4.79 Å². The largest absolute Gasteiger partial charge is 0.353 e. The molecule has 4 heteroatoms. The van der Waals surface area contributed by atoms with Gasteiger partial charge in [0.05, 0.1) is 0 Å². The van der Waals surface area contributed by atoms with E-state index in [0.29, 0.717) is 11.9 Å². The Balaban J connectivity index is 1.22. The number of hydrogen-bond donors (Lipinski definition) is 1. The highest BCUT2D eigenvalue weighted by Gasteiger charge is 2.27. The summed E-state index contributed by atoms with van der Waals surface area (Å²) in [5.74, 6) is 0.486. The molecule has 1 aromatic heterocycles. The highest BCUT2D eigenvalue weighted by atomic mass is 16.1. The highest BCUT2D eigenvalue weighted by Crippen LogP contribution is 2.26. The number of carbonyl (C=O) groups is 1. The van der Waals surface area contributed by atoms with Gasteiger partial charge in [-0.25, -0.2) is 0 Å². The minimum absolute atomic E-state index is 0.180. The minimum Gasteiger partial charge on any atom is -0.353 e. The molecule has 1 amide bonds. The van der Waals surface area contributed by atoms with Crippen molar-refractivity contribution in [3.63, 3.8) is 0 Å². The van der Waals surface area contributed by atoms with Crippen molar-refractivity contribution in [3.8, 4) is 0 Å². The second-order valence-electron chi connectivity index (χ2n) is 10.0. The third-order valence-electron chi connectivity index (χ3n) is 7.63. The summed E-state index contributed by atoms with van der Waals surface area (Å²) in [5.41, 5.74) is 3.99. The smallest absolute Gasteiger partial charge is 0.223 e. The Labute approximate surface area is 198 Å². The summed E-state index contributed by atoms with van der Waals surface area (Å²) >= 11 is 0. The van der Waals surface area contributed by atoms with Crippen molar-refractivity contribution in [3.05, 3.63) is 71.9 Å². The molecule has 2 heterocycles. The average molecular weight is 444 g/mol. The summed E-state index contributed by atoms with van der Waals surface area (Å²) in [5, 5.41) is 4.69. The van der Waals surface area contributed by atoms with Crippen molar-refractivity contribution in [2.45, 2.75) is 70.5 Å². The molecular formula is C29H37N3O. The number of benzene rings is 2. The fraction of sp³-hybridized carbons (Fsp3) is 0.483. The van der Waals surface area contributed by atoms with Crippen LogP contribution in [0.1, 0.15) is 62.6 Å². The molecule has 0 atom stereocenters. The Morgan fingerprint density at radius 3 is 2.27 bits per heavy atom. The second-order valence-corrected chi connectivity index (χ2v) is 10.0. The molecular weight excluding hydrogens is 406 g/mol. The number of piperidine rings is 1. The lowest BCUT2D eigenvalue weighted by molar-refractivity contribution is -0.127. The molecule has 0 spiro atoms. The topological polar surface area (TPSA) is 37.3 Å². The lowest BCUT2D eigenvalue weighted by Crippen LogP contribution is -2.43. The number of rotatable bonds is 6. The molecule has 0 radical (unpaired) electrons. The van der Waals surface area contributed by atoms with Crippen LogP contribution in [0.4, 0.5) is 0 Å². The molecule has 0 bridgehead atoms. The van der Waals surface area contributed by atoms with Gasteiger partial charge in [0, 0.05) is 36.3 Å². The first-order valence-electron chi connectivity index (χ1n) is 12.9. The van der Waals surface area contributed by atoms with Gasteiger partial charge in [-0.15, -0.1) is 0 Å². The zero-order valence-corrected chi connectivity index (χ0v) is 19.7. The van der Waals surface area contributed by atoms with Crippen molar-refractivity contribution in [1.29, 1.82) is 0 Å². The highest BCUT2D eigenvalue weighted by molar-refractivity contribution is 5.81. The van der Waals surface area contributed by atoms with Gasteiger partial charge in [-0.2, -0.15) is 0 Å². The number of amides is 1. The third-order valence-corrected chi connectivity index (χ3v) is 7.63. The summed E-state index contributed by atoms with van der Waals surface area (Å²) in [6.45, 7) is 3.83. The van der Waals surface area contributed by atoms with E-state index in [2.05, 4.69) is 75.4 Å². The molecule has 1 saturated heterocycles. The molecule has 2 fully saturated rings. The van der Waals surface area contributed by atoms with E-state index in [0.717, 1.165) is 51.9 Å². The maximum atomic E-state index is 12.9. The van der Waals surface area contributed by atoms with Gasteiger partial charge in [0.2, 0.25) is 5.91 Å². The van der Waals surface area contributed by atoms with Gasteiger partial charge in [-0.05, 0) is 61.9 Å². The van der Waals surface area contributed by atoms with Crippen molar-refractivity contribution in [2.24, 2.45) is 5.92 Å². The Kier molecular flexibility index (Phi) is 7.11. The fourth-order valence-electron chi connectivity index (χ4n) is 5.68. The summed E-state index contributed by atoms with van der Waals surface area (Å²) in [6.07, 6.45) is 9.44. The van der Waals surface area contributed by atoms with Gasteiger partial charge in [0.1, 0.15) is 0 Å². The number of fused-ring (bicyclic) bond motifs is 1. The van der Waals surface area contributed by atoms with Crippen molar-refractivity contribution in [2.75, 3.05) is 13.1 Å². The van der Waals surface area contributed by atoms with E-state index in [1.807, 2.05) is 0 Å². The maximum absolute atomic E-state index is 12.9. The number of carbonyl (C=O) groups excluding carboxylic acids is 1.